The number of carbonyl (C=O) groups excluding carboxylic acids is 1. The highest BCUT2D eigenvalue weighted by Gasteiger charge is 2.31. The number of aryl methyl sites for hydroxylation is 1. The predicted octanol–water partition coefficient (Wildman–Crippen LogP) is 2.21. The quantitative estimate of drug-likeness (QED) is 0.786. The number of nitrogens with one attached hydrogen (secondary N) is 2. The Morgan fingerprint density at radius 1 is 1.35 bits per heavy atom. The zero-order valence-corrected chi connectivity index (χ0v) is 13.7. The topological polar surface area (TPSA) is 91.9 Å². The smallest absolute Gasteiger partial charge is 0.273 e. The van der Waals surface area contributed by atoms with E-state index in [9.17, 15) is 13.2 Å². The molecular weight excluding hydrogens is 302 g/mol. The first kappa shape index (κ1) is 17.0. The molecule has 0 saturated heterocycles. The van der Waals surface area contributed by atoms with E-state index in [1.807, 2.05) is 20.8 Å². The molecule has 0 spiro atoms. The Balaban J connectivity index is 3.22. The highest BCUT2D eigenvalue weighted by Crippen LogP contribution is 2.24. The molecule has 1 heterocycles. The van der Waals surface area contributed by atoms with Gasteiger partial charge in [-0.1, -0.05) is 20.8 Å². The Morgan fingerprint density at radius 3 is 2.30 bits per heavy atom. The molecule has 0 radical (unpaired) electrons. The largest absolute Gasteiger partial charge is 0.345 e. The van der Waals surface area contributed by atoms with Crippen molar-refractivity contribution >= 4 is 25.6 Å². The summed E-state index contributed by atoms with van der Waals surface area (Å²) >= 11 is 0. The molecule has 0 aliphatic rings. The van der Waals surface area contributed by atoms with E-state index in [1.54, 1.807) is 6.92 Å². The number of aromatic nitrogens is 2. The molecule has 0 aliphatic heterocycles. The first-order chi connectivity index (χ1) is 9.18. The maximum Gasteiger partial charge on any atom is 0.273 e. The van der Waals surface area contributed by atoms with Gasteiger partial charge in [0.1, 0.15) is 4.90 Å². The number of hydrogen-bond acceptors (Lipinski definition) is 4. The van der Waals surface area contributed by atoms with Gasteiger partial charge in [-0.3, -0.25) is 9.89 Å². The summed E-state index contributed by atoms with van der Waals surface area (Å²) in [6.45, 7) is 7.55. The standard InChI is InChI=1S/C12H20ClN3O3S/c1-5-8-10(20(13,18)19)9(16-15-8)11(17)14-12(4,6-2)7-3/h5-7H2,1-4H3,(H,14,17)(H,15,16). The third-order valence-electron chi connectivity index (χ3n) is 3.58. The van der Waals surface area contributed by atoms with Gasteiger partial charge in [0.15, 0.2) is 5.69 Å². The minimum atomic E-state index is -4.03. The van der Waals surface area contributed by atoms with Gasteiger partial charge >= 0.3 is 0 Å². The van der Waals surface area contributed by atoms with Crippen LogP contribution in [0.15, 0.2) is 4.90 Å². The van der Waals surface area contributed by atoms with Crippen molar-refractivity contribution in [2.45, 2.75) is 57.4 Å². The molecule has 1 amide bonds. The van der Waals surface area contributed by atoms with E-state index in [0.717, 1.165) is 12.8 Å². The Morgan fingerprint density at radius 2 is 1.90 bits per heavy atom. The molecule has 2 N–H and O–H groups in total. The number of nitrogens with zero attached hydrogens (tertiary/aromatic N) is 1. The number of amides is 1. The second kappa shape index (κ2) is 6.13. The monoisotopic (exact) mass is 321 g/mol. The third-order valence-corrected chi connectivity index (χ3v) is 4.97. The van der Waals surface area contributed by atoms with Crippen molar-refractivity contribution in [3.8, 4) is 0 Å². The number of hydrogen-bond donors (Lipinski definition) is 2. The van der Waals surface area contributed by atoms with Crippen molar-refractivity contribution in [3.05, 3.63) is 11.4 Å². The number of aromatic amines is 1. The molecule has 0 unspecified atom stereocenters. The van der Waals surface area contributed by atoms with Crippen molar-refractivity contribution < 1.29 is 13.2 Å². The zero-order valence-electron chi connectivity index (χ0n) is 12.1. The van der Waals surface area contributed by atoms with Crippen LogP contribution in [0.3, 0.4) is 0 Å². The van der Waals surface area contributed by atoms with Gasteiger partial charge in [-0.05, 0) is 26.2 Å². The van der Waals surface area contributed by atoms with Crippen LogP contribution in [-0.4, -0.2) is 30.1 Å². The lowest BCUT2D eigenvalue weighted by Gasteiger charge is -2.27. The van der Waals surface area contributed by atoms with E-state index >= 15 is 0 Å². The maximum absolute atomic E-state index is 12.3. The summed E-state index contributed by atoms with van der Waals surface area (Å²) in [7, 11) is 1.37. The fraction of sp³-hybridized carbons (Fsp3) is 0.667. The summed E-state index contributed by atoms with van der Waals surface area (Å²) in [6, 6.07) is 0. The average molecular weight is 322 g/mol. The van der Waals surface area contributed by atoms with Crippen molar-refractivity contribution in [2.75, 3.05) is 0 Å². The number of H-pyrrole nitrogens is 1. The van der Waals surface area contributed by atoms with E-state index in [2.05, 4.69) is 15.5 Å². The van der Waals surface area contributed by atoms with Crippen LogP contribution >= 0.6 is 10.7 Å². The highest BCUT2D eigenvalue weighted by atomic mass is 35.7. The Bertz CT molecular complexity index is 591. The predicted molar refractivity (Wildman–Crippen MR) is 77.5 cm³/mol. The normalized spacial score (nSPS) is 12.4. The molecule has 0 bridgehead atoms. The molecule has 20 heavy (non-hydrogen) atoms. The second-order valence-electron chi connectivity index (χ2n) is 4.89. The number of carbonyl (C=O) groups is 1. The summed E-state index contributed by atoms with van der Waals surface area (Å²) in [4.78, 5) is 12.0. The molecule has 1 aromatic rings. The number of rotatable bonds is 6. The van der Waals surface area contributed by atoms with Gasteiger partial charge in [-0.15, -0.1) is 0 Å². The van der Waals surface area contributed by atoms with Crippen LogP contribution in [0, 0.1) is 0 Å². The van der Waals surface area contributed by atoms with Gasteiger partial charge in [0, 0.05) is 16.2 Å². The molecule has 0 aromatic carbocycles. The molecular formula is C12H20ClN3O3S. The molecule has 0 aliphatic carbocycles. The fourth-order valence-corrected chi connectivity index (χ4v) is 3.14. The van der Waals surface area contributed by atoms with Gasteiger partial charge in [0.05, 0.1) is 5.69 Å². The van der Waals surface area contributed by atoms with Crippen molar-refractivity contribution in [3.63, 3.8) is 0 Å². The van der Waals surface area contributed by atoms with Gasteiger partial charge in [-0.25, -0.2) is 8.42 Å². The van der Waals surface area contributed by atoms with E-state index in [-0.39, 0.29) is 10.6 Å². The first-order valence-corrected chi connectivity index (χ1v) is 8.83. The molecule has 114 valence electrons. The maximum atomic E-state index is 12.3. The lowest BCUT2D eigenvalue weighted by molar-refractivity contribution is 0.0892. The van der Waals surface area contributed by atoms with Crippen molar-refractivity contribution in [1.82, 2.24) is 15.5 Å². The van der Waals surface area contributed by atoms with Gasteiger partial charge < -0.3 is 5.32 Å². The molecule has 6 nitrogen and oxygen atoms in total. The summed E-state index contributed by atoms with van der Waals surface area (Å²) in [6.07, 6.45) is 1.84. The van der Waals surface area contributed by atoms with Crippen LogP contribution in [0.25, 0.3) is 0 Å². The van der Waals surface area contributed by atoms with Crippen LogP contribution in [0.4, 0.5) is 0 Å². The molecule has 1 rings (SSSR count). The van der Waals surface area contributed by atoms with Crippen molar-refractivity contribution in [1.29, 1.82) is 0 Å². The molecule has 8 heteroatoms. The Labute approximate surface area is 123 Å². The highest BCUT2D eigenvalue weighted by molar-refractivity contribution is 8.13. The molecule has 0 atom stereocenters. The first-order valence-electron chi connectivity index (χ1n) is 6.53. The van der Waals surface area contributed by atoms with E-state index < -0.39 is 20.5 Å². The van der Waals surface area contributed by atoms with E-state index in [1.165, 1.54) is 0 Å². The zero-order chi connectivity index (χ0) is 15.6. The summed E-state index contributed by atoms with van der Waals surface area (Å²) in [5.74, 6) is -0.536. The van der Waals surface area contributed by atoms with E-state index in [0.29, 0.717) is 12.1 Å². The average Bonchev–Trinajstić information content (AvgIpc) is 2.82. The van der Waals surface area contributed by atoms with Gasteiger partial charge in [0.2, 0.25) is 0 Å². The van der Waals surface area contributed by atoms with Crippen LogP contribution in [-0.2, 0) is 15.5 Å². The lowest BCUT2D eigenvalue weighted by atomic mass is 9.95. The van der Waals surface area contributed by atoms with E-state index in [4.69, 9.17) is 10.7 Å². The fourth-order valence-electron chi connectivity index (χ4n) is 1.78. The van der Waals surface area contributed by atoms with Crippen LogP contribution in [0.5, 0.6) is 0 Å². The minimum Gasteiger partial charge on any atom is -0.345 e. The minimum absolute atomic E-state index is 0.176. The second-order valence-corrected chi connectivity index (χ2v) is 7.40. The summed E-state index contributed by atoms with van der Waals surface area (Å²) in [5.41, 5.74) is -0.250. The SMILES string of the molecule is CCc1[nH]nc(C(=O)NC(C)(CC)CC)c1S(=O)(=O)Cl. The summed E-state index contributed by atoms with van der Waals surface area (Å²) in [5, 5.41) is 9.18. The Hall–Kier alpha value is -1.08. The molecule has 1 aromatic heterocycles. The third kappa shape index (κ3) is 3.52. The lowest BCUT2D eigenvalue weighted by Crippen LogP contribution is -2.45. The summed E-state index contributed by atoms with van der Waals surface area (Å²) < 4.78 is 23.3. The van der Waals surface area contributed by atoms with Crippen LogP contribution < -0.4 is 5.32 Å². The Kier molecular flexibility index (Phi) is 5.21. The van der Waals surface area contributed by atoms with Crippen molar-refractivity contribution in [2.24, 2.45) is 0 Å². The molecule has 0 fully saturated rings. The van der Waals surface area contributed by atoms with Gasteiger partial charge in [0.25, 0.3) is 15.0 Å². The van der Waals surface area contributed by atoms with Gasteiger partial charge in [-0.2, -0.15) is 5.10 Å². The number of halogens is 1. The molecule has 0 saturated carbocycles. The van der Waals surface area contributed by atoms with Crippen LogP contribution in [0.1, 0.15) is 56.7 Å². The van der Waals surface area contributed by atoms with Crippen LogP contribution in [0.2, 0.25) is 0 Å².